The predicted molar refractivity (Wildman–Crippen MR) is 97.5 cm³/mol. The third kappa shape index (κ3) is 3.50. The number of hydrogen-bond acceptors (Lipinski definition) is 1. The van der Waals surface area contributed by atoms with E-state index in [1.54, 1.807) is 11.8 Å². The van der Waals surface area contributed by atoms with Crippen LogP contribution in [0.2, 0.25) is 0 Å². The molecule has 3 aromatic rings. The summed E-state index contributed by atoms with van der Waals surface area (Å²) >= 11 is 5.61. The van der Waals surface area contributed by atoms with Crippen LogP contribution in [0.5, 0.6) is 0 Å². The smallest absolute Gasteiger partial charge is 0.0435 e. The molecule has 0 amide bonds. The first kappa shape index (κ1) is 14.7. The van der Waals surface area contributed by atoms with Crippen molar-refractivity contribution in [2.75, 3.05) is 6.26 Å². The van der Waals surface area contributed by atoms with E-state index in [1.807, 2.05) is 0 Å². The van der Waals surface area contributed by atoms with Gasteiger partial charge in [-0.15, -0.1) is 11.8 Å². The molecule has 0 radical (unpaired) electrons. The summed E-state index contributed by atoms with van der Waals surface area (Å²) in [5.41, 5.74) is 2.70. The molecule has 0 fully saturated rings. The van der Waals surface area contributed by atoms with Crippen molar-refractivity contribution < 1.29 is 0 Å². The molecule has 3 rings (SSSR count). The van der Waals surface area contributed by atoms with Crippen LogP contribution in [-0.2, 0) is 6.42 Å². The lowest BCUT2D eigenvalue weighted by Gasteiger charge is -2.11. The lowest BCUT2D eigenvalue weighted by atomic mass is 10.0. The molecule has 2 heteroatoms. The minimum Gasteiger partial charge on any atom is -0.130 e. The first-order valence-corrected chi connectivity index (χ1v) is 9.16. The highest BCUT2D eigenvalue weighted by molar-refractivity contribution is 9.09. The average Bonchev–Trinajstić information content (AvgIpc) is 2.55. The Labute approximate surface area is 138 Å². The minimum absolute atomic E-state index is 0.356. The normalized spacial score (nSPS) is 12.5. The minimum atomic E-state index is 0.356. The predicted octanol–water partition coefficient (Wildman–Crippen LogP) is 6.24. The quantitative estimate of drug-likeness (QED) is 0.393. The number of halogens is 1. The van der Waals surface area contributed by atoms with Gasteiger partial charge in [0, 0.05) is 9.72 Å². The second-order valence-corrected chi connectivity index (χ2v) is 7.11. The van der Waals surface area contributed by atoms with Gasteiger partial charge >= 0.3 is 0 Å². The van der Waals surface area contributed by atoms with Crippen LogP contribution in [0.3, 0.4) is 0 Å². The van der Waals surface area contributed by atoms with Crippen LogP contribution in [0.4, 0.5) is 0 Å². The van der Waals surface area contributed by atoms with E-state index in [0.717, 1.165) is 6.42 Å². The van der Waals surface area contributed by atoms with E-state index in [-0.39, 0.29) is 0 Å². The Balaban J connectivity index is 1.79. The van der Waals surface area contributed by atoms with E-state index in [2.05, 4.69) is 88.9 Å². The van der Waals surface area contributed by atoms with Crippen LogP contribution < -0.4 is 0 Å². The van der Waals surface area contributed by atoms with E-state index in [1.165, 1.54) is 26.8 Å². The topological polar surface area (TPSA) is 0 Å². The Morgan fingerprint density at radius 2 is 1.62 bits per heavy atom. The third-order valence-electron chi connectivity index (χ3n) is 3.71. The maximum absolute atomic E-state index is 3.83. The van der Waals surface area contributed by atoms with E-state index >= 15 is 0 Å². The molecule has 0 aliphatic carbocycles. The summed E-state index contributed by atoms with van der Waals surface area (Å²) in [5, 5.41) is 2.61. The van der Waals surface area contributed by atoms with Crippen molar-refractivity contribution in [3.63, 3.8) is 0 Å². The Kier molecular flexibility index (Phi) is 4.67. The van der Waals surface area contributed by atoms with Gasteiger partial charge in [-0.05, 0) is 46.7 Å². The van der Waals surface area contributed by atoms with Crippen LogP contribution in [-0.4, -0.2) is 6.26 Å². The molecule has 106 valence electrons. The maximum Gasteiger partial charge on any atom is 0.0435 e. The summed E-state index contributed by atoms with van der Waals surface area (Å²) in [6, 6.07) is 24.1. The van der Waals surface area contributed by atoms with E-state index in [9.17, 15) is 0 Å². The molecule has 0 saturated carbocycles. The fraction of sp³-hybridized carbons (Fsp3) is 0.158. The summed E-state index contributed by atoms with van der Waals surface area (Å²) in [6.07, 6.45) is 3.11. The molecular formula is C19H17BrS. The van der Waals surface area contributed by atoms with Crippen LogP contribution in [0, 0.1) is 0 Å². The van der Waals surface area contributed by atoms with Gasteiger partial charge in [0.2, 0.25) is 0 Å². The van der Waals surface area contributed by atoms with E-state index in [0.29, 0.717) is 4.83 Å². The Hall–Kier alpha value is -1.25. The molecule has 0 aliphatic heterocycles. The molecule has 0 saturated heterocycles. The molecule has 1 unspecified atom stereocenters. The summed E-state index contributed by atoms with van der Waals surface area (Å²) < 4.78 is 0. The van der Waals surface area contributed by atoms with Gasteiger partial charge < -0.3 is 0 Å². The molecule has 0 nitrogen and oxygen atoms in total. The molecule has 0 spiro atoms. The lowest BCUT2D eigenvalue weighted by Crippen LogP contribution is -1.95. The molecule has 0 aromatic heterocycles. The number of benzene rings is 3. The van der Waals surface area contributed by atoms with Gasteiger partial charge in [-0.2, -0.15) is 0 Å². The summed E-state index contributed by atoms with van der Waals surface area (Å²) in [4.78, 5) is 1.67. The van der Waals surface area contributed by atoms with Crippen molar-refractivity contribution in [1.82, 2.24) is 0 Å². The van der Waals surface area contributed by atoms with Gasteiger partial charge in [0.15, 0.2) is 0 Å². The molecular weight excluding hydrogens is 340 g/mol. The van der Waals surface area contributed by atoms with E-state index < -0.39 is 0 Å². The first-order valence-electron chi connectivity index (χ1n) is 7.02. The van der Waals surface area contributed by atoms with Gasteiger partial charge in [0.25, 0.3) is 0 Å². The monoisotopic (exact) mass is 356 g/mol. The van der Waals surface area contributed by atoms with Crippen LogP contribution >= 0.6 is 27.7 Å². The van der Waals surface area contributed by atoms with Crippen molar-refractivity contribution in [2.24, 2.45) is 0 Å². The number of thioether (sulfide) groups is 1. The van der Waals surface area contributed by atoms with E-state index in [4.69, 9.17) is 0 Å². The summed E-state index contributed by atoms with van der Waals surface area (Å²) in [6.45, 7) is 0. The van der Waals surface area contributed by atoms with Gasteiger partial charge in [-0.3, -0.25) is 0 Å². The highest BCUT2D eigenvalue weighted by Crippen LogP contribution is 2.29. The highest BCUT2D eigenvalue weighted by atomic mass is 79.9. The Morgan fingerprint density at radius 3 is 2.33 bits per heavy atom. The molecule has 0 aliphatic rings. The van der Waals surface area contributed by atoms with Crippen molar-refractivity contribution in [3.05, 3.63) is 77.9 Å². The van der Waals surface area contributed by atoms with Gasteiger partial charge in [0.05, 0.1) is 0 Å². The second kappa shape index (κ2) is 6.67. The highest BCUT2D eigenvalue weighted by Gasteiger charge is 2.09. The van der Waals surface area contributed by atoms with Crippen LogP contribution in [0.25, 0.3) is 10.8 Å². The SMILES string of the molecule is CSc1ccc(C(Br)Cc2ccc3ccccc3c2)cc1. The summed E-state index contributed by atoms with van der Waals surface area (Å²) in [7, 11) is 0. The van der Waals surface area contributed by atoms with Gasteiger partial charge in [0.1, 0.15) is 0 Å². The average molecular weight is 357 g/mol. The zero-order valence-electron chi connectivity index (χ0n) is 11.9. The second-order valence-electron chi connectivity index (χ2n) is 5.13. The number of fused-ring (bicyclic) bond motifs is 1. The molecule has 0 bridgehead atoms. The number of rotatable bonds is 4. The zero-order valence-corrected chi connectivity index (χ0v) is 14.3. The zero-order chi connectivity index (χ0) is 14.7. The van der Waals surface area contributed by atoms with Crippen LogP contribution in [0.15, 0.2) is 71.6 Å². The van der Waals surface area contributed by atoms with Crippen molar-refractivity contribution in [1.29, 1.82) is 0 Å². The molecule has 21 heavy (non-hydrogen) atoms. The van der Waals surface area contributed by atoms with Gasteiger partial charge in [-0.1, -0.05) is 70.5 Å². The van der Waals surface area contributed by atoms with Crippen molar-refractivity contribution in [2.45, 2.75) is 16.1 Å². The van der Waals surface area contributed by atoms with Crippen molar-refractivity contribution >= 4 is 38.5 Å². The summed E-state index contributed by atoms with van der Waals surface area (Å²) in [5.74, 6) is 0. The first-order chi connectivity index (χ1) is 10.3. The standard InChI is InChI=1S/C19H17BrS/c1-21-18-10-8-16(9-11-18)19(20)13-14-6-7-15-4-2-3-5-17(15)12-14/h2-12,19H,13H2,1H3. The largest absolute Gasteiger partial charge is 0.130 e. The molecule has 0 N–H and O–H groups in total. The fourth-order valence-corrected chi connectivity index (χ4v) is 3.59. The molecule has 1 atom stereocenters. The lowest BCUT2D eigenvalue weighted by molar-refractivity contribution is 0.949. The number of alkyl halides is 1. The third-order valence-corrected chi connectivity index (χ3v) is 5.30. The Bertz CT molecular complexity index is 734. The molecule has 0 heterocycles. The maximum atomic E-state index is 3.83. The van der Waals surface area contributed by atoms with Gasteiger partial charge in [-0.25, -0.2) is 0 Å². The Morgan fingerprint density at radius 1 is 0.905 bits per heavy atom. The van der Waals surface area contributed by atoms with Crippen LogP contribution in [0.1, 0.15) is 16.0 Å². The number of hydrogen-bond donors (Lipinski definition) is 0. The fourth-order valence-electron chi connectivity index (χ4n) is 2.50. The molecule has 3 aromatic carbocycles. The van der Waals surface area contributed by atoms with Crippen molar-refractivity contribution in [3.8, 4) is 0 Å².